The topological polar surface area (TPSA) is 118 Å². The minimum absolute atomic E-state index is 0.196. The highest BCUT2D eigenvalue weighted by molar-refractivity contribution is 7.27. The smallest absolute Gasteiger partial charge is 0.423 e. The van der Waals surface area contributed by atoms with Crippen LogP contribution in [-0.4, -0.2) is 47.1 Å². The zero-order valence-electron chi connectivity index (χ0n) is 55.8. The predicted octanol–water partition coefficient (Wildman–Crippen LogP) is 23.5. The van der Waals surface area contributed by atoms with E-state index >= 15 is 0 Å². The van der Waals surface area contributed by atoms with Crippen LogP contribution in [0, 0.1) is 0 Å². The summed E-state index contributed by atoms with van der Waals surface area (Å²) in [6.45, 7) is 0. The molecule has 0 unspecified atom stereocenters. The Bertz CT molecular complexity index is 6340. The lowest BCUT2D eigenvalue weighted by molar-refractivity contribution is 0.426. The monoisotopic (exact) mass is 1390 g/mol. The molecule has 4 heterocycles. The molecule has 19 aromatic rings. The van der Waals surface area contributed by atoms with Crippen molar-refractivity contribution in [3.05, 3.63) is 357 Å². The second kappa shape index (κ2) is 28.9. The molecule has 2 N–H and O–H groups in total. The van der Waals surface area contributed by atoms with Crippen molar-refractivity contribution in [1.82, 2.24) is 29.9 Å². The van der Waals surface area contributed by atoms with Gasteiger partial charge in [0.25, 0.3) is 0 Å². The maximum atomic E-state index is 10.1. The summed E-state index contributed by atoms with van der Waals surface area (Å²) in [5.41, 5.74) is 16.8. The van der Waals surface area contributed by atoms with Crippen molar-refractivity contribution < 1.29 is 10.0 Å². The van der Waals surface area contributed by atoms with Crippen molar-refractivity contribution in [3.63, 3.8) is 0 Å². The lowest BCUT2D eigenvalue weighted by atomic mass is 9.78. The number of hydrogen-bond acceptors (Lipinski definition) is 10. The molecule has 0 aliphatic carbocycles. The molecule has 12 heteroatoms. The van der Waals surface area contributed by atoms with Crippen molar-refractivity contribution in [2.24, 2.45) is 0 Å². The zero-order chi connectivity index (χ0) is 69.9. The van der Waals surface area contributed by atoms with Crippen LogP contribution in [0.5, 0.6) is 0 Å². The predicted molar refractivity (Wildman–Crippen MR) is 436 cm³/mol. The summed E-state index contributed by atoms with van der Waals surface area (Å²) in [6, 6.07) is 121. The zero-order valence-corrected chi connectivity index (χ0v) is 58.2. The van der Waals surface area contributed by atoms with E-state index in [1.165, 1.54) is 53.6 Å². The molecule has 0 saturated carbocycles. The maximum Gasteiger partial charge on any atom is 0.489 e. The second-order valence-corrected chi connectivity index (χ2v) is 27.6. The molecule has 0 bridgehead atoms. The van der Waals surface area contributed by atoms with E-state index in [0.29, 0.717) is 34.6 Å². The summed E-state index contributed by atoms with van der Waals surface area (Å²) in [5, 5.41) is 29.6. The van der Waals surface area contributed by atoms with Gasteiger partial charge < -0.3 is 10.0 Å². The normalized spacial score (nSPS) is 11.2. The van der Waals surface area contributed by atoms with E-state index in [1.807, 2.05) is 139 Å². The van der Waals surface area contributed by atoms with Crippen LogP contribution in [0.15, 0.2) is 352 Å². The van der Waals surface area contributed by atoms with Gasteiger partial charge in [-0.2, -0.15) is 9.97 Å². The Balaban J connectivity index is 0.000000131. The third-order valence-corrected chi connectivity index (χ3v) is 21.4. The van der Waals surface area contributed by atoms with Crippen LogP contribution in [-0.2, 0) is 0 Å². The van der Waals surface area contributed by atoms with E-state index < -0.39 is 7.12 Å². The highest BCUT2D eigenvalue weighted by Gasteiger charge is 2.23. The minimum Gasteiger partial charge on any atom is -0.423 e. The SMILES string of the molecule is Clc1nc(-c2ccccc2)nc(-c2cccc3ccccc23)n1.OB(O)c1cc(-c2ccccc2)cc2c1sc1c(-c3ccccc3)cccc12.c1ccc(-c2cc(-c3cccc(-c4nc(-c5ccccc5)nc(-c5cccc6ccccc56)n4)c3)c3sc4c(-c5ccccc5)cccc4c3c2)cc1. The first-order valence-electron chi connectivity index (χ1n) is 34.2. The average molecular weight is 1390 g/mol. The quantitative estimate of drug-likeness (QED) is 0.123. The number of nitrogens with zero attached hydrogens (tertiary/aromatic N) is 6. The average Bonchev–Trinajstić information content (AvgIpc) is 1.58. The van der Waals surface area contributed by atoms with Gasteiger partial charge in [-0.25, -0.2) is 19.9 Å². The Kier molecular flexibility index (Phi) is 18.0. The molecule has 0 saturated heterocycles. The lowest BCUT2D eigenvalue weighted by Crippen LogP contribution is -2.30. The summed E-state index contributed by atoms with van der Waals surface area (Å²) in [5.74, 6) is 3.11. The minimum atomic E-state index is -1.51. The fourth-order valence-electron chi connectivity index (χ4n) is 13.7. The first-order chi connectivity index (χ1) is 51.3. The Labute approximate surface area is 614 Å². The van der Waals surface area contributed by atoms with Gasteiger partial charge >= 0.3 is 7.12 Å². The van der Waals surface area contributed by atoms with Gasteiger partial charge in [0, 0.05) is 79.2 Å². The Morgan fingerprint density at radius 2 is 0.548 bits per heavy atom. The lowest BCUT2D eigenvalue weighted by Gasteiger charge is -2.12. The van der Waals surface area contributed by atoms with E-state index in [2.05, 4.69) is 239 Å². The number of thiophene rings is 2. The molecule has 4 aromatic heterocycles. The molecule has 0 aliphatic rings. The number of hydrogen-bond donors (Lipinski definition) is 2. The van der Waals surface area contributed by atoms with Crippen molar-refractivity contribution in [1.29, 1.82) is 0 Å². The van der Waals surface area contributed by atoms with Gasteiger partial charge in [-0.05, 0) is 107 Å². The molecule has 0 amide bonds. The van der Waals surface area contributed by atoms with Crippen LogP contribution in [0.1, 0.15) is 0 Å². The van der Waals surface area contributed by atoms with E-state index in [9.17, 15) is 10.0 Å². The number of benzene rings is 15. The highest BCUT2D eigenvalue weighted by atomic mass is 35.5. The van der Waals surface area contributed by atoms with Gasteiger partial charge in [-0.15, -0.1) is 22.7 Å². The summed E-state index contributed by atoms with van der Waals surface area (Å²) < 4.78 is 4.64. The Hall–Kier alpha value is -12.4. The number of aromatic nitrogens is 6. The van der Waals surface area contributed by atoms with Crippen molar-refractivity contribution in [2.45, 2.75) is 0 Å². The third-order valence-electron chi connectivity index (χ3n) is 18.7. The van der Waals surface area contributed by atoms with Gasteiger partial charge in [0.2, 0.25) is 5.28 Å². The van der Waals surface area contributed by atoms with Crippen molar-refractivity contribution in [3.8, 4) is 113 Å². The highest BCUT2D eigenvalue weighted by Crippen LogP contribution is 2.47. The molecule has 0 radical (unpaired) electrons. The van der Waals surface area contributed by atoms with Crippen molar-refractivity contribution >= 4 is 109 Å². The maximum absolute atomic E-state index is 10.1. The van der Waals surface area contributed by atoms with E-state index in [0.717, 1.165) is 91.8 Å². The Morgan fingerprint density at radius 3 is 1.06 bits per heavy atom. The summed E-state index contributed by atoms with van der Waals surface area (Å²) in [6.07, 6.45) is 0. The van der Waals surface area contributed by atoms with Crippen LogP contribution in [0.25, 0.3) is 174 Å². The first kappa shape index (κ1) is 64.9. The number of fused-ring (bicyclic) bond motifs is 8. The van der Waals surface area contributed by atoms with Crippen LogP contribution in [0.3, 0.4) is 0 Å². The van der Waals surface area contributed by atoms with Crippen molar-refractivity contribution in [2.75, 3.05) is 0 Å². The van der Waals surface area contributed by atoms with Gasteiger partial charge in [0.1, 0.15) is 0 Å². The van der Waals surface area contributed by atoms with E-state index in [-0.39, 0.29) is 5.28 Å². The van der Waals surface area contributed by atoms with Gasteiger partial charge in [0.05, 0.1) is 0 Å². The molecule has 0 aliphatic heterocycles. The molecule has 104 heavy (non-hydrogen) atoms. The van der Waals surface area contributed by atoms with Crippen LogP contribution in [0.4, 0.5) is 0 Å². The molecule has 0 fully saturated rings. The molecular weight excluding hydrogens is 1330 g/mol. The van der Waals surface area contributed by atoms with Crippen LogP contribution in [0.2, 0.25) is 5.28 Å². The van der Waals surface area contributed by atoms with Gasteiger partial charge in [0.15, 0.2) is 29.1 Å². The van der Waals surface area contributed by atoms with Gasteiger partial charge in [-0.3, -0.25) is 0 Å². The molecule has 19 rings (SSSR count). The largest absolute Gasteiger partial charge is 0.489 e. The molecule has 8 nitrogen and oxygen atoms in total. The molecular formula is C92H60BClN6O2S2. The Morgan fingerprint density at radius 1 is 0.221 bits per heavy atom. The van der Waals surface area contributed by atoms with E-state index in [4.69, 9.17) is 26.6 Å². The summed E-state index contributed by atoms with van der Waals surface area (Å²) in [7, 11) is -1.51. The third kappa shape index (κ3) is 13.1. The molecule has 0 spiro atoms. The number of halogens is 1. The molecule has 492 valence electrons. The fraction of sp³-hybridized carbons (Fsp3) is 0. The van der Waals surface area contributed by atoms with E-state index in [1.54, 1.807) is 11.3 Å². The van der Waals surface area contributed by atoms with Crippen LogP contribution < -0.4 is 5.46 Å². The van der Waals surface area contributed by atoms with Gasteiger partial charge in [-0.1, -0.05) is 328 Å². The molecule has 15 aromatic carbocycles. The van der Waals surface area contributed by atoms with Crippen LogP contribution >= 0.6 is 34.3 Å². The summed E-state index contributed by atoms with van der Waals surface area (Å²) in [4.78, 5) is 28.5. The fourth-order valence-corrected chi connectivity index (χ4v) is 16.6. The molecule has 0 atom stereocenters. The second-order valence-electron chi connectivity index (χ2n) is 25.2. The summed E-state index contributed by atoms with van der Waals surface area (Å²) >= 11 is 9.63. The standard InChI is InChI=1S/C49H31N3S.C24H17BO2S.C19H12ClN3/c1-4-15-32(16-5-1)38-30-43(46-44(31-38)41-27-14-26-40(45(41)53-46)34-17-6-2-7-18-34)36-23-12-24-37(29-36)48-50-47(35-20-8-3-9-21-35)51-49(52-48)42-28-13-22-33-19-10-11-25-39(33)42;26-25(27)22-15-18(16-8-3-1-4-9-16)14-21-20-13-7-12-19(23(20)28-24(21)22)17-10-5-2-6-11-17;20-19-22-17(14-8-2-1-3-9-14)21-18(23-19)16-12-6-10-13-7-4-5-11-15(13)16/h1-31H;1-15,26-27H;1-12H. The first-order valence-corrected chi connectivity index (χ1v) is 36.2. The number of rotatable bonds is 11.